The van der Waals surface area contributed by atoms with E-state index in [1.807, 2.05) is 0 Å². The second-order valence-electron chi connectivity index (χ2n) is 3.97. The summed E-state index contributed by atoms with van der Waals surface area (Å²) in [7, 11) is 1.39. The van der Waals surface area contributed by atoms with Crippen LogP contribution in [0.4, 0.5) is 5.69 Å². The maximum atomic E-state index is 11.0. The SMILES string of the molecule is COc1ccc(Cn2ccc(=O)cc2)cc1[N+](=O)[O-]. The van der Waals surface area contributed by atoms with Crippen molar-refractivity contribution in [2.45, 2.75) is 6.54 Å². The van der Waals surface area contributed by atoms with Gasteiger partial charge in [-0.1, -0.05) is 6.07 Å². The molecule has 0 saturated carbocycles. The van der Waals surface area contributed by atoms with E-state index in [2.05, 4.69) is 0 Å². The first-order valence-electron chi connectivity index (χ1n) is 5.57. The van der Waals surface area contributed by atoms with Crippen molar-refractivity contribution in [3.05, 3.63) is 68.6 Å². The Morgan fingerprint density at radius 2 is 1.95 bits per heavy atom. The van der Waals surface area contributed by atoms with Crippen LogP contribution in [0.2, 0.25) is 0 Å². The number of benzene rings is 1. The summed E-state index contributed by atoms with van der Waals surface area (Å²) in [5.74, 6) is 0.230. The molecule has 2 aromatic rings. The molecule has 0 aliphatic rings. The minimum absolute atomic E-state index is 0.0685. The average Bonchev–Trinajstić information content (AvgIpc) is 2.41. The number of nitrogens with zero attached hydrogens (tertiary/aromatic N) is 2. The fraction of sp³-hybridized carbons (Fsp3) is 0.154. The van der Waals surface area contributed by atoms with Crippen molar-refractivity contribution in [2.75, 3.05) is 7.11 Å². The first kappa shape index (κ1) is 12.8. The molecule has 0 aliphatic heterocycles. The van der Waals surface area contributed by atoms with E-state index in [0.717, 1.165) is 5.56 Å². The summed E-state index contributed by atoms with van der Waals surface area (Å²) in [6.07, 6.45) is 3.27. The molecule has 0 atom stereocenters. The predicted octanol–water partition coefficient (Wildman–Crippen LogP) is 1.81. The van der Waals surface area contributed by atoms with Gasteiger partial charge in [-0.15, -0.1) is 0 Å². The molecular weight excluding hydrogens is 248 g/mol. The van der Waals surface area contributed by atoms with E-state index in [0.29, 0.717) is 6.54 Å². The lowest BCUT2D eigenvalue weighted by Gasteiger charge is -2.07. The highest BCUT2D eigenvalue weighted by molar-refractivity contribution is 5.48. The van der Waals surface area contributed by atoms with Gasteiger partial charge in [0, 0.05) is 37.1 Å². The molecule has 1 heterocycles. The summed E-state index contributed by atoms with van der Waals surface area (Å²) in [5, 5.41) is 10.9. The van der Waals surface area contributed by atoms with Crippen molar-refractivity contribution in [3.63, 3.8) is 0 Å². The number of pyridine rings is 1. The topological polar surface area (TPSA) is 74.4 Å². The van der Waals surface area contributed by atoms with Gasteiger partial charge in [-0.2, -0.15) is 0 Å². The van der Waals surface area contributed by atoms with Crippen LogP contribution in [-0.2, 0) is 6.54 Å². The Labute approximate surface area is 109 Å². The molecule has 0 aliphatic carbocycles. The lowest BCUT2D eigenvalue weighted by atomic mass is 10.2. The number of methoxy groups -OCH3 is 1. The van der Waals surface area contributed by atoms with Gasteiger partial charge in [-0.3, -0.25) is 14.9 Å². The number of aromatic nitrogens is 1. The highest BCUT2D eigenvalue weighted by Crippen LogP contribution is 2.27. The standard InChI is InChI=1S/C13H12N2O4/c1-19-13-3-2-10(8-12(13)15(17)18)9-14-6-4-11(16)5-7-14/h2-8H,9H2,1H3. The van der Waals surface area contributed by atoms with Gasteiger partial charge in [-0.05, 0) is 11.6 Å². The molecule has 0 spiro atoms. The normalized spacial score (nSPS) is 10.2. The molecule has 0 bridgehead atoms. The van der Waals surface area contributed by atoms with E-state index in [1.165, 1.54) is 25.3 Å². The summed E-state index contributed by atoms with van der Waals surface area (Å²) in [4.78, 5) is 21.4. The minimum atomic E-state index is -0.478. The molecule has 2 rings (SSSR count). The molecule has 6 heteroatoms. The van der Waals surface area contributed by atoms with Crippen LogP contribution in [0.5, 0.6) is 5.75 Å². The number of rotatable bonds is 4. The second-order valence-corrected chi connectivity index (χ2v) is 3.97. The van der Waals surface area contributed by atoms with Gasteiger partial charge in [-0.25, -0.2) is 0 Å². The first-order chi connectivity index (χ1) is 9.10. The van der Waals surface area contributed by atoms with Gasteiger partial charge in [0.25, 0.3) is 0 Å². The predicted molar refractivity (Wildman–Crippen MR) is 69.5 cm³/mol. The molecule has 19 heavy (non-hydrogen) atoms. The highest BCUT2D eigenvalue weighted by Gasteiger charge is 2.14. The Kier molecular flexibility index (Phi) is 3.61. The van der Waals surface area contributed by atoms with E-state index in [4.69, 9.17) is 4.74 Å². The molecule has 0 radical (unpaired) electrons. The van der Waals surface area contributed by atoms with Crippen molar-refractivity contribution < 1.29 is 9.66 Å². The average molecular weight is 260 g/mol. The smallest absolute Gasteiger partial charge is 0.311 e. The second kappa shape index (κ2) is 5.34. The van der Waals surface area contributed by atoms with Gasteiger partial charge in [0.05, 0.1) is 12.0 Å². The zero-order valence-corrected chi connectivity index (χ0v) is 10.3. The van der Waals surface area contributed by atoms with Gasteiger partial charge in [0.2, 0.25) is 0 Å². The molecule has 1 aromatic carbocycles. The zero-order valence-electron chi connectivity index (χ0n) is 10.3. The third kappa shape index (κ3) is 2.98. The minimum Gasteiger partial charge on any atom is -0.490 e. The lowest BCUT2D eigenvalue weighted by Crippen LogP contribution is -2.05. The number of nitro benzene ring substituents is 1. The number of hydrogen-bond donors (Lipinski definition) is 0. The van der Waals surface area contributed by atoms with Crippen LogP contribution in [0.3, 0.4) is 0 Å². The number of hydrogen-bond acceptors (Lipinski definition) is 4. The van der Waals surface area contributed by atoms with Crippen molar-refractivity contribution in [3.8, 4) is 5.75 Å². The fourth-order valence-corrected chi connectivity index (χ4v) is 1.74. The van der Waals surface area contributed by atoms with Gasteiger partial charge >= 0.3 is 5.69 Å². The van der Waals surface area contributed by atoms with E-state index >= 15 is 0 Å². The van der Waals surface area contributed by atoms with Crippen molar-refractivity contribution in [1.82, 2.24) is 4.57 Å². The van der Waals surface area contributed by atoms with Gasteiger partial charge < -0.3 is 9.30 Å². The summed E-state index contributed by atoms with van der Waals surface area (Å²) in [6.45, 7) is 0.450. The van der Waals surface area contributed by atoms with Gasteiger partial charge in [0.15, 0.2) is 11.2 Å². The Hall–Kier alpha value is -2.63. The Morgan fingerprint density at radius 1 is 1.26 bits per heavy atom. The maximum absolute atomic E-state index is 11.0. The van der Waals surface area contributed by atoms with Crippen LogP contribution in [0, 0.1) is 10.1 Å². The van der Waals surface area contributed by atoms with Crippen LogP contribution in [0.25, 0.3) is 0 Å². The Morgan fingerprint density at radius 3 is 2.53 bits per heavy atom. The largest absolute Gasteiger partial charge is 0.490 e. The van der Waals surface area contributed by atoms with Crippen LogP contribution < -0.4 is 10.2 Å². The van der Waals surface area contributed by atoms with Crippen LogP contribution in [0.1, 0.15) is 5.56 Å². The Bertz CT molecular complexity index is 643. The van der Waals surface area contributed by atoms with Crippen molar-refractivity contribution in [1.29, 1.82) is 0 Å². The summed E-state index contributed by atoms with van der Waals surface area (Å²) in [5.41, 5.74) is 0.620. The van der Waals surface area contributed by atoms with E-state index in [-0.39, 0.29) is 16.9 Å². The number of ether oxygens (including phenoxy) is 1. The monoisotopic (exact) mass is 260 g/mol. The van der Waals surface area contributed by atoms with E-state index < -0.39 is 4.92 Å². The van der Waals surface area contributed by atoms with Crippen LogP contribution in [0.15, 0.2) is 47.5 Å². The maximum Gasteiger partial charge on any atom is 0.311 e. The number of nitro groups is 1. The molecule has 6 nitrogen and oxygen atoms in total. The summed E-state index contributed by atoms with van der Waals surface area (Å²) < 4.78 is 6.71. The molecular formula is C13H12N2O4. The quantitative estimate of drug-likeness (QED) is 0.620. The van der Waals surface area contributed by atoms with Crippen molar-refractivity contribution >= 4 is 5.69 Å². The van der Waals surface area contributed by atoms with E-state index in [9.17, 15) is 14.9 Å². The third-order valence-electron chi connectivity index (χ3n) is 2.67. The van der Waals surface area contributed by atoms with Crippen LogP contribution in [-0.4, -0.2) is 16.6 Å². The van der Waals surface area contributed by atoms with Crippen molar-refractivity contribution in [2.24, 2.45) is 0 Å². The molecule has 0 amide bonds. The molecule has 0 N–H and O–H groups in total. The molecule has 98 valence electrons. The lowest BCUT2D eigenvalue weighted by molar-refractivity contribution is -0.385. The zero-order chi connectivity index (χ0) is 13.8. The summed E-state index contributed by atoms with van der Waals surface area (Å²) in [6, 6.07) is 7.67. The highest BCUT2D eigenvalue weighted by atomic mass is 16.6. The van der Waals surface area contributed by atoms with Gasteiger partial charge in [0.1, 0.15) is 0 Å². The third-order valence-corrected chi connectivity index (χ3v) is 2.67. The molecule has 0 saturated heterocycles. The molecule has 0 unspecified atom stereocenters. The Balaban J connectivity index is 2.30. The van der Waals surface area contributed by atoms with Crippen LogP contribution >= 0.6 is 0 Å². The fourth-order valence-electron chi connectivity index (χ4n) is 1.74. The first-order valence-corrected chi connectivity index (χ1v) is 5.57. The van der Waals surface area contributed by atoms with E-state index in [1.54, 1.807) is 29.1 Å². The molecule has 0 fully saturated rings. The summed E-state index contributed by atoms with van der Waals surface area (Å²) >= 11 is 0. The molecule has 1 aromatic heterocycles.